The van der Waals surface area contributed by atoms with Crippen molar-refractivity contribution in [1.29, 1.82) is 0 Å². The van der Waals surface area contributed by atoms with Crippen LogP contribution in [0.3, 0.4) is 0 Å². The Labute approximate surface area is 115 Å². The molecule has 1 saturated heterocycles. The first-order chi connectivity index (χ1) is 8.89. The van der Waals surface area contributed by atoms with Crippen molar-refractivity contribution in [2.75, 3.05) is 26.0 Å². The van der Waals surface area contributed by atoms with Crippen molar-refractivity contribution in [3.63, 3.8) is 0 Å². The van der Waals surface area contributed by atoms with Crippen LogP contribution in [0.25, 0.3) is 0 Å². The van der Waals surface area contributed by atoms with Crippen molar-refractivity contribution in [2.24, 2.45) is 0 Å². The molecule has 5 nitrogen and oxygen atoms in total. The van der Waals surface area contributed by atoms with Crippen LogP contribution in [0.1, 0.15) is 38.5 Å². The van der Waals surface area contributed by atoms with Gasteiger partial charge in [-0.1, -0.05) is 6.42 Å². The van der Waals surface area contributed by atoms with Gasteiger partial charge in [0.25, 0.3) is 0 Å². The molecule has 0 aromatic rings. The van der Waals surface area contributed by atoms with Crippen LogP contribution >= 0.6 is 0 Å². The maximum Gasteiger partial charge on any atom is 0.150 e. The predicted molar refractivity (Wildman–Crippen MR) is 73.9 cm³/mol. The fraction of sp³-hybridized carbons (Fsp3) is 1.00. The maximum atomic E-state index is 11.6. The van der Waals surface area contributed by atoms with Crippen molar-refractivity contribution < 1.29 is 18.3 Å². The van der Waals surface area contributed by atoms with Crippen molar-refractivity contribution in [1.82, 2.24) is 5.32 Å². The fourth-order valence-corrected chi connectivity index (χ4v) is 4.16. The first-order valence-electron chi connectivity index (χ1n) is 7.11. The highest BCUT2D eigenvalue weighted by atomic mass is 32.2. The number of aliphatic hydroxyl groups is 1. The Balaban J connectivity index is 1.82. The molecule has 6 heteroatoms. The highest BCUT2D eigenvalue weighted by Crippen LogP contribution is 2.25. The third-order valence-corrected chi connectivity index (χ3v) is 6.01. The molecule has 1 aliphatic heterocycles. The standard InChI is InChI=1S/C13H25NO4S/c1-19(16,17)12-4-2-3-11(9-12)14-10-13(15)5-7-18-8-6-13/h11-12,14-15H,2-10H2,1H3. The zero-order valence-corrected chi connectivity index (χ0v) is 12.4. The zero-order chi connectivity index (χ0) is 13.9. The molecule has 2 fully saturated rings. The van der Waals surface area contributed by atoms with Gasteiger partial charge in [0, 0.05) is 44.9 Å². The van der Waals surface area contributed by atoms with Crippen molar-refractivity contribution in [3.8, 4) is 0 Å². The van der Waals surface area contributed by atoms with Gasteiger partial charge in [-0.15, -0.1) is 0 Å². The van der Waals surface area contributed by atoms with Gasteiger partial charge >= 0.3 is 0 Å². The molecule has 2 N–H and O–H groups in total. The molecule has 1 heterocycles. The zero-order valence-electron chi connectivity index (χ0n) is 11.6. The molecule has 1 saturated carbocycles. The third kappa shape index (κ3) is 4.41. The lowest BCUT2D eigenvalue weighted by molar-refractivity contribution is -0.0631. The fourth-order valence-electron chi connectivity index (χ4n) is 2.98. The molecule has 2 unspecified atom stereocenters. The van der Waals surface area contributed by atoms with Crippen molar-refractivity contribution in [2.45, 2.75) is 55.4 Å². The Morgan fingerprint density at radius 1 is 1.32 bits per heavy atom. The summed E-state index contributed by atoms with van der Waals surface area (Å²) in [5, 5.41) is 13.5. The van der Waals surface area contributed by atoms with E-state index >= 15 is 0 Å². The lowest BCUT2D eigenvalue weighted by Crippen LogP contribution is -2.49. The molecule has 0 bridgehead atoms. The summed E-state index contributed by atoms with van der Waals surface area (Å²) in [4.78, 5) is 0. The molecule has 2 aliphatic rings. The largest absolute Gasteiger partial charge is 0.388 e. The van der Waals surface area contributed by atoms with Crippen molar-refractivity contribution in [3.05, 3.63) is 0 Å². The number of nitrogens with one attached hydrogen (secondary N) is 1. The minimum absolute atomic E-state index is 0.209. The van der Waals surface area contributed by atoms with Crippen LogP contribution < -0.4 is 5.32 Å². The summed E-state index contributed by atoms with van der Waals surface area (Å²) in [5.41, 5.74) is -0.684. The van der Waals surface area contributed by atoms with Gasteiger partial charge in [-0.2, -0.15) is 0 Å². The lowest BCUT2D eigenvalue weighted by atomic mass is 9.91. The van der Waals surface area contributed by atoms with E-state index in [-0.39, 0.29) is 11.3 Å². The molecule has 0 spiro atoms. The van der Waals surface area contributed by atoms with Crippen LogP contribution in [0.15, 0.2) is 0 Å². The number of ether oxygens (including phenoxy) is 1. The Morgan fingerprint density at radius 3 is 2.63 bits per heavy atom. The highest BCUT2D eigenvalue weighted by Gasteiger charge is 2.33. The molecule has 0 amide bonds. The van der Waals surface area contributed by atoms with Crippen LogP contribution in [0.5, 0.6) is 0 Å². The van der Waals surface area contributed by atoms with Gasteiger partial charge in [-0.05, 0) is 19.3 Å². The summed E-state index contributed by atoms with van der Waals surface area (Å²) in [7, 11) is -2.94. The smallest absolute Gasteiger partial charge is 0.150 e. The molecular weight excluding hydrogens is 266 g/mol. The van der Waals surface area contributed by atoms with Gasteiger partial charge in [-0.25, -0.2) is 8.42 Å². The van der Waals surface area contributed by atoms with E-state index < -0.39 is 15.4 Å². The van der Waals surface area contributed by atoms with Gasteiger partial charge in [0.05, 0.1) is 10.9 Å². The van der Waals surface area contributed by atoms with E-state index in [1.165, 1.54) is 6.26 Å². The van der Waals surface area contributed by atoms with E-state index in [1.54, 1.807) is 0 Å². The minimum atomic E-state index is -2.94. The second kappa shape index (κ2) is 6.08. The summed E-state index contributed by atoms with van der Waals surface area (Å²) in [6, 6.07) is 0.209. The lowest BCUT2D eigenvalue weighted by Gasteiger charge is -2.35. The van der Waals surface area contributed by atoms with Crippen LogP contribution in [0.4, 0.5) is 0 Å². The SMILES string of the molecule is CS(=O)(=O)C1CCCC(NCC2(O)CCOCC2)C1. The molecule has 2 atom stereocenters. The topological polar surface area (TPSA) is 75.6 Å². The molecule has 112 valence electrons. The summed E-state index contributed by atoms with van der Waals surface area (Å²) < 4.78 is 28.5. The number of hydrogen-bond donors (Lipinski definition) is 2. The molecular formula is C13H25NO4S. The van der Waals surface area contributed by atoms with Gasteiger partial charge in [0.2, 0.25) is 0 Å². The predicted octanol–water partition coefficient (Wildman–Crippen LogP) is 0.473. The summed E-state index contributed by atoms with van der Waals surface area (Å²) >= 11 is 0. The van der Waals surface area contributed by atoms with Gasteiger partial charge in [-0.3, -0.25) is 0 Å². The average Bonchev–Trinajstić information content (AvgIpc) is 2.37. The van der Waals surface area contributed by atoms with E-state index in [0.717, 1.165) is 19.3 Å². The van der Waals surface area contributed by atoms with Crippen LogP contribution in [0.2, 0.25) is 0 Å². The Morgan fingerprint density at radius 2 is 2.00 bits per heavy atom. The summed E-state index contributed by atoms with van der Waals surface area (Å²) in [6.07, 6.45) is 6.02. The third-order valence-electron chi connectivity index (χ3n) is 4.37. The van der Waals surface area contributed by atoms with Crippen molar-refractivity contribution >= 4 is 9.84 Å². The van der Waals surface area contributed by atoms with E-state index in [2.05, 4.69) is 5.32 Å². The molecule has 2 rings (SSSR count). The van der Waals surface area contributed by atoms with E-state index in [1.807, 2.05) is 0 Å². The first kappa shape index (κ1) is 15.2. The minimum Gasteiger partial charge on any atom is -0.388 e. The number of rotatable bonds is 4. The Hall–Kier alpha value is -0.170. The molecule has 1 aliphatic carbocycles. The Kier molecular flexibility index (Phi) is 4.87. The first-order valence-corrected chi connectivity index (χ1v) is 9.07. The number of hydrogen-bond acceptors (Lipinski definition) is 5. The number of sulfone groups is 1. The average molecular weight is 291 g/mol. The normalized spacial score (nSPS) is 32.1. The maximum absolute atomic E-state index is 11.6. The molecule has 19 heavy (non-hydrogen) atoms. The second-order valence-electron chi connectivity index (χ2n) is 6.03. The summed E-state index contributed by atoms with van der Waals surface area (Å²) in [5.74, 6) is 0. The quantitative estimate of drug-likeness (QED) is 0.787. The van der Waals surface area contributed by atoms with E-state index in [4.69, 9.17) is 4.74 Å². The molecule has 0 radical (unpaired) electrons. The molecule has 0 aromatic heterocycles. The van der Waals surface area contributed by atoms with Crippen LogP contribution in [-0.2, 0) is 14.6 Å². The van der Waals surface area contributed by atoms with Gasteiger partial charge < -0.3 is 15.2 Å². The van der Waals surface area contributed by atoms with E-state index in [9.17, 15) is 13.5 Å². The van der Waals surface area contributed by atoms with Crippen LogP contribution in [0, 0.1) is 0 Å². The van der Waals surface area contributed by atoms with E-state index in [0.29, 0.717) is 39.0 Å². The molecule has 0 aromatic carbocycles. The Bertz CT molecular complexity index is 389. The van der Waals surface area contributed by atoms with Gasteiger partial charge in [0.1, 0.15) is 9.84 Å². The highest BCUT2D eigenvalue weighted by molar-refractivity contribution is 7.91. The van der Waals surface area contributed by atoms with Gasteiger partial charge in [0.15, 0.2) is 0 Å². The van der Waals surface area contributed by atoms with Crippen LogP contribution in [-0.4, -0.2) is 56.4 Å². The monoisotopic (exact) mass is 291 g/mol. The summed E-state index contributed by atoms with van der Waals surface area (Å²) in [6.45, 7) is 1.75. The second-order valence-corrected chi connectivity index (χ2v) is 8.36.